The number of carbonyl (C=O) groups excluding carboxylic acids is 1. The van der Waals surface area contributed by atoms with Crippen molar-refractivity contribution in [2.75, 3.05) is 31.4 Å². The third-order valence-electron chi connectivity index (χ3n) is 3.67. The fourth-order valence-electron chi connectivity index (χ4n) is 2.38. The van der Waals surface area contributed by atoms with Crippen LogP contribution in [0.4, 0.5) is 10.1 Å². The summed E-state index contributed by atoms with van der Waals surface area (Å²) >= 11 is 0. The molecule has 134 valence electrons. The normalized spacial score (nSPS) is 17.0. The van der Waals surface area contributed by atoms with Gasteiger partial charge in [0.2, 0.25) is 5.91 Å². The maximum Gasteiger partial charge on any atom is 0.224 e. The molecule has 2 rings (SSSR count). The molecule has 1 aromatic carbocycles. The number of amides is 1. The topological polar surface area (TPSA) is 47.6 Å². The Morgan fingerprint density at radius 1 is 1.38 bits per heavy atom. The van der Waals surface area contributed by atoms with Crippen molar-refractivity contribution in [3.05, 3.63) is 24.0 Å². The van der Waals surface area contributed by atoms with Crippen molar-refractivity contribution in [2.24, 2.45) is 0 Å². The number of ether oxygens (including phenoxy) is 2. The van der Waals surface area contributed by atoms with Crippen LogP contribution >= 0.6 is 21.6 Å². The van der Waals surface area contributed by atoms with Crippen LogP contribution in [0.25, 0.3) is 0 Å². The van der Waals surface area contributed by atoms with E-state index < -0.39 is 5.82 Å². The van der Waals surface area contributed by atoms with Crippen molar-refractivity contribution in [1.82, 2.24) is 0 Å². The van der Waals surface area contributed by atoms with Crippen molar-refractivity contribution in [1.29, 1.82) is 0 Å². The summed E-state index contributed by atoms with van der Waals surface area (Å²) in [5.74, 6) is 0.847. The lowest BCUT2D eigenvalue weighted by Gasteiger charge is -2.10. The minimum absolute atomic E-state index is 0.0732. The first-order chi connectivity index (χ1) is 11.7. The molecule has 0 aromatic heterocycles. The van der Waals surface area contributed by atoms with Gasteiger partial charge in [0.1, 0.15) is 6.61 Å². The second kappa shape index (κ2) is 10.8. The van der Waals surface area contributed by atoms with E-state index in [0.717, 1.165) is 18.1 Å². The number of halogens is 1. The Hall–Kier alpha value is -0.920. The SMILES string of the molecule is COCCOc1ccc(NC(=O)CCCCC2CCSS2)cc1F. The highest BCUT2D eigenvalue weighted by Crippen LogP contribution is 2.39. The summed E-state index contributed by atoms with van der Waals surface area (Å²) in [6.45, 7) is 0.687. The van der Waals surface area contributed by atoms with Crippen molar-refractivity contribution in [2.45, 2.75) is 37.4 Å². The van der Waals surface area contributed by atoms with Gasteiger partial charge in [-0.1, -0.05) is 28.0 Å². The lowest BCUT2D eigenvalue weighted by molar-refractivity contribution is -0.116. The fraction of sp³-hybridized carbons (Fsp3) is 0.588. The van der Waals surface area contributed by atoms with E-state index in [0.29, 0.717) is 18.7 Å². The molecule has 1 atom stereocenters. The smallest absolute Gasteiger partial charge is 0.224 e. The summed E-state index contributed by atoms with van der Waals surface area (Å²) in [6.07, 6.45) is 4.85. The first-order valence-electron chi connectivity index (χ1n) is 8.18. The molecule has 24 heavy (non-hydrogen) atoms. The average Bonchev–Trinajstić information content (AvgIpc) is 3.07. The summed E-state index contributed by atoms with van der Waals surface area (Å²) in [4.78, 5) is 11.9. The van der Waals surface area contributed by atoms with Gasteiger partial charge in [0.25, 0.3) is 0 Å². The molecule has 1 heterocycles. The lowest BCUT2D eigenvalue weighted by atomic mass is 10.1. The van der Waals surface area contributed by atoms with Gasteiger partial charge in [-0.3, -0.25) is 4.79 Å². The van der Waals surface area contributed by atoms with Gasteiger partial charge in [0, 0.05) is 36.3 Å². The van der Waals surface area contributed by atoms with Crippen LogP contribution < -0.4 is 10.1 Å². The van der Waals surface area contributed by atoms with Gasteiger partial charge in [0.05, 0.1) is 6.61 Å². The van der Waals surface area contributed by atoms with Crippen LogP contribution in [-0.2, 0) is 9.53 Å². The van der Waals surface area contributed by atoms with Crippen molar-refractivity contribution < 1.29 is 18.7 Å². The molecule has 0 saturated carbocycles. The maximum absolute atomic E-state index is 13.9. The Morgan fingerprint density at radius 2 is 2.25 bits per heavy atom. The van der Waals surface area contributed by atoms with E-state index in [9.17, 15) is 9.18 Å². The molecule has 1 amide bonds. The van der Waals surface area contributed by atoms with Gasteiger partial charge in [-0.2, -0.15) is 0 Å². The van der Waals surface area contributed by atoms with Gasteiger partial charge in [-0.25, -0.2) is 4.39 Å². The van der Waals surface area contributed by atoms with Gasteiger partial charge < -0.3 is 14.8 Å². The van der Waals surface area contributed by atoms with Crippen molar-refractivity contribution in [3.63, 3.8) is 0 Å². The highest BCUT2D eigenvalue weighted by Gasteiger charge is 2.16. The number of benzene rings is 1. The van der Waals surface area contributed by atoms with E-state index in [2.05, 4.69) is 5.32 Å². The number of rotatable bonds is 10. The zero-order valence-electron chi connectivity index (χ0n) is 13.9. The Morgan fingerprint density at radius 3 is 2.96 bits per heavy atom. The van der Waals surface area contributed by atoms with Gasteiger partial charge >= 0.3 is 0 Å². The van der Waals surface area contributed by atoms with E-state index in [4.69, 9.17) is 9.47 Å². The van der Waals surface area contributed by atoms with Crippen LogP contribution in [0.1, 0.15) is 32.1 Å². The average molecular weight is 374 g/mol. The molecule has 7 heteroatoms. The molecule has 1 fully saturated rings. The van der Waals surface area contributed by atoms with Gasteiger partial charge in [-0.15, -0.1) is 0 Å². The molecule has 4 nitrogen and oxygen atoms in total. The van der Waals surface area contributed by atoms with E-state index in [-0.39, 0.29) is 18.3 Å². The molecule has 0 bridgehead atoms. The quantitative estimate of drug-likeness (QED) is 0.483. The minimum Gasteiger partial charge on any atom is -0.488 e. The molecular formula is C17H24FNO3S2. The lowest BCUT2D eigenvalue weighted by Crippen LogP contribution is -2.12. The van der Waals surface area contributed by atoms with E-state index >= 15 is 0 Å². The molecule has 1 aromatic rings. The van der Waals surface area contributed by atoms with E-state index in [1.54, 1.807) is 13.2 Å². The number of hydrogen-bond donors (Lipinski definition) is 1. The van der Waals surface area contributed by atoms with Crippen molar-refractivity contribution >= 4 is 33.2 Å². The maximum atomic E-state index is 13.9. The number of anilines is 1. The summed E-state index contributed by atoms with van der Waals surface area (Å²) in [5.41, 5.74) is 0.458. The standard InChI is InChI=1S/C17H24FNO3S2/c1-21-9-10-22-16-7-6-13(12-15(16)18)19-17(20)5-3-2-4-14-8-11-23-24-14/h6-7,12,14H,2-5,8-11H2,1H3,(H,19,20). The molecule has 1 unspecified atom stereocenters. The van der Waals surface area contributed by atoms with Crippen molar-refractivity contribution in [3.8, 4) is 5.75 Å². The summed E-state index contributed by atoms with van der Waals surface area (Å²) in [5, 5.41) is 3.49. The summed E-state index contributed by atoms with van der Waals surface area (Å²) in [6, 6.07) is 4.46. The van der Waals surface area contributed by atoms with Crippen LogP contribution in [-0.4, -0.2) is 37.2 Å². The molecule has 1 N–H and O–H groups in total. The molecule has 0 spiro atoms. The molecule has 0 radical (unpaired) electrons. The second-order valence-electron chi connectivity index (χ2n) is 5.61. The van der Waals surface area contributed by atoms with Crippen LogP contribution in [0.5, 0.6) is 5.75 Å². The number of unbranched alkanes of at least 4 members (excludes halogenated alkanes) is 1. The Kier molecular flexibility index (Phi) is 8.77. The third-order valence-corrected chi connectivity index (χ3v) is 6.67. The van der Waals surface area contributed by atoms with E-state index in [1.807, 2.05) is 21.6 Å². The zero-order chi connectivity index (χ0) is 17.2. The van der Waals surface area contributed by atoms with Crippen LogP contribution in [0, 0.1) is 5.82 Å². The first kappa shape index (κ1) is 19.4. The molecule has 1 saturated heterocycles. The molecular weight excluding hydrogens is 349 g/mol. The first-order valence-corrected chi connectivity index (χ1v) is 10.6. The second-order valence-corrected chi connectivity index (χ2v) is 8.40. The van der Waals surface area contributed by atoms with Crippen LogP contribution in [0.2, 0.25) is 0 Å². The van der Waals surface area contributed by atoms with Gasteiger partial charge in [0.15, 0.2) is 11.6 Å². The molecule has 1 aliphatic rings. The fourth-order valence-corrected chi connectivity index (χ4v) is 5.40. The third kappa shape index (κ3) is 6.91. The predicted octanol–water partition coefficient (Wildman–Crippen LogP) is 4.50. The number of nitrogens with one attached hydrogen (secondary N) is 1. The Labute approximate surface area is 150 Å². The Balaban J connectivity index is 1.67. The summed E-state index contributed by atoms with van der Waals surface area (Å²) in [7, 11) is 5.47. The highest BCUT2D eigenvalue weighted by molar-refractivity contribution is 8.77. The number of methoxy groups -OCH3 is 1. The number of carbonyl (C=O) groups is 1. The number of hydrogen-bond acceptors (Lipinski definition) is 5. The van der Waals surface area contributed by atoms with Crippen LogP contribution in [0.15, 0.2) is 18.2 Å². The monoisotopic (exact) mass is 373 g/mol. The zero-order valence-corrected chi connectivity index (χ0v) is 15.5. The van der Waals surface area contributed by atoms with Crippen LogP contribution in [0.3, 0.4) is 0 Å². The summed E-state index contributed by atoms with van der Waals surface area (Å²) < 4.78 is 24.0. The molecule has 0 aliphatic carbocycles. The largest absolute Gasteiger partial charge is 0.488 e. The van der Waals surface area contributed by atoms with E-state index in [1.165, 1.54) is 30.7 Å². The molecule has 1 aliphatic heterocycles. The van der Waals surface area contributed by atoms with Gasteiger partial charge in [-0.05, 0) is 31.4 Å². The minimum atomic E-state index is -0.486. The predicted molar refractivity (Wildman–Crippen MR) is 99.3 cm³/mol. The highest BCUT2D eigenvalue weighted by atomic mass is 33.1. The Bertz CT molecular complexity index is 525.